The molecule has 1 aromatic rings. The minimum absolute atomic E-state index is 0.0219. The van der Waals surface area contributed by atoms with Crippen LogP contribution in [0.4, 0.5) is 10.1 Å². The first kappa shape index (κ1) is 13.8. The summed E-state index contributed by atoms with van der Waals surface area (Å²) >= 11 is 0. The molecule has 104 valence electrons. The van der Waals surface area contributed by atoms with Crippen molar-refractivity contribution in [1.82, 2.24) is 10.2 Å². The van der Waals surface area contributed by atoms with E-state index >= 15 is 0 Å². The quantitative estimate of drug-likeness (QED) is 0.817. The Hall–Kier alpha value is -1.62. The predicted octanol–water partition coefficient (Wildman–Crippen LogP) is 1.62. The average molecular weight is 265 g/mol. The SMILES string of the molecule is CCN1CCCC(NC(=O)c2cc(N)ccc2F)C1. The lowest BCUT2D eigenvalue weighted by atomic mass is 10.0. The van der Waals surface area contributed by atoms with Gasteiger partial charge in [-0.2, -0.15) is 0 Å². The fourth-order valence-electron chi connectivity index (χ4n) is 2.44. The Bertz CT molecular complexity index is 464. The zero-order valence-corrected chi connectivity index (χ0v) is 11.2. The van der Waals surface area contributed by atoms with Gasteiger partial charge in [-0.15, -0.1) is 0 Å². The van der Waals surface area contributed by atoms with E-state index in [9.17, 15) is 9.18 Å². The highest BCUT2D eigenvalue weighted by Gasteiger charge is 2.22. The number of nitrogens with zero attached hydrogens (tertiary/aromatic N) is 1. The molecular weight excluding hydrogens is 245 g/mol. The molecule has 2 rings (SSSR count). The number of hydrogen-bond acceptors (Lipinski definition) is 3. The summed E-state index contributed by atoms with van der Waals surface area (Å²) in [5, 5.41) is 2.89. The minimum atomic E-state index is -0.533. The molecule has 0 radical (unpaired) electrons. The van der Waals surface area contributed by atoms with Crippen LogP contribution in [0.1, 0.15) is 30.1 Å². The van der Waals surface area contributed by atoms with E-state index in [1.165, 1.54) is 18.2 Å². The van der Waals surface area contributed by atoms with Crippen LogP contribution >= 0.6 is 0 Å². The van der Waals surface area contributed by atoms with Crippen molar-refractivity contribution in [2.75, 3.05) is 25.4 Å². The van der Waals surface area contributed by atoms with Crippen LogP contribution < -0.4 is 11.1 Å². The van der Waals surface area contributed by atoms with Crippen molar-refractivity contribution in [2.45, 2.75) is 25.8 Å². The number of nitrogen functional groups attached to an aromatic ring is 1. The molecule has 0 spiro atoms. The molecule has 1 heterocycles. The maximum atomic E-state index is 13.6. The summed E-state index contributed by atoms with van der Waals surface area (Å²) in [4.78, 5) is 14.3. The molecule has 3 N–H and O–H groups in total. The Morgan fingerprint density at radius 3 is 3.11 bits per heavy atom. The van der Waals surface area contributed by atoms with E-state index < -0.39 is 5.82 Å². The number of rotatable bonds is 3. The van der Waals surface area contributed by atoms with Crippen LogP contribution in [0.5, 0.6) is 0 Å². The number of likely N-dealkylation sites (N-methyl/N-ethyl adjacent to an activating group) is 1. The number of anilines is 1. The second-order valence-electron chi connectivity index (χ2n) is 4.95. The van der Waals surface area contributed by atoms with Crippen LogP contribution in [0.15, 0.2) is 18.2 Å². The van der Waals surface area contributed by atoms with E-state index in [-0.39, 0.29) is 17.5 Å². The molecule has 0 saturated carbocycles. The normalized spacial score (nSPS) is 20.2. The van der Waals surface area contributed by atoms with E-state index in [1.807, 2.05) is 0 Å². The lowest BCUT2D eigenvalue weighted by molar-refractivity contribution is 0.0902. The van der Waals surface area contributed by atoms with Crippen LogP contribution in [0.25, 0.3) is 0 Å². The number of carbonyl (C=O) groups is 1. The summed E-state index contributed by atoms with van der Waals surface area (Å²) < 4.78 is 13.6. The number of nitrogens with one attached hydrogen (secondary N) is 1. The molecule has 19 heavy (non-hydrogen) atoms. The van der Waals surface area contributed by atoms with Gasteiger partial charge in [0.25, 0.3) is 5.91 Å². The fourth-order valence-corrected chi connectivity index (χ4v) is 2.44. The third kappa shape index (κ3) is 3.44. The topological polar surface area (TPSA) is 58.4 Å². The summed E-state index contributed by atoms with van der Waals surface area (Å²) in [6.45, 7) is 4.96. The molecule has 1 aliphatic heterocycles. The highest BCUT2D eigenvalue weighted by Crippen LogP contribution is 2.14. The van der Waals surface area contributed by atoms with Gasteiger partial charge in [0.15, 0.2) is 0 Å². The highest BCUT2D eigenvalue weighted by molar-refractivity contribution is 5.95. The number of amides is 1. The van der Waals surface area contributed by atoms with Gasteiger partial charge in [0, 0.05) is 18.3 Å². The van der Waals surface area contributed by atoms with Crippen molar-refractivity contribution in [3.05, 3.63) is 29.6 Å². The van der Waals surface area contributed by atoms with Crippen molar-refractivity contribution in [1.29, 1.82) is 0 Å². The Kier molecular flexibility index (Phi) is 4.37. The second-order valence-corrected chi connectivity index (χ2v) is 4.95. The molecule has 0 bridgehead atoms. The van der Waals surface area contributed by atoms with Crippen LogP contribution in [-0.4, -0.2) is 36.5 Å². The highest BCUT2D eigenvalue weighted by atomic mass is 19.1. The zero-order valence-electron chi connectivity index (χ0n) is 11.2. The van der Waals surface area contributed by atoms with Crippen LogP contribution in [0.3, 0.4) is 0 Å². The van der Waals surface area contributed by atoms with Gasteiger partial charge in [0.1, 0.15) is 5.82 Å². The largest absolute Gasteiger partial charge is 0.399 e. The number of carbonyl (C=O) groups excluding carboxylic acids is 1. The zero-order chi connectivity index (χ0) is 13.8. The van der Waals surface area contributed by atoms with E-state index in [4.69, 9.17) is 5.73 Å². The van der Waals surface area contributed by atoms with Gasteiger partial charge >= 0.3 is 0 Å². The minimum Gasteiger partial charge on any atom is -0.399 e. The first-order valence-corrected chi connectivity index (χ1v) is 6.68. The van der Waals surface area contributed by atoms with Crippen molar-refractivity contribution < 1.29 is 9.18 Å². The van der Waals surface area contributed by atoms with Gasteiger partial charge in [-0.1, -0.05) is 6.92 Å². The molecule has 1 atom stereocenters. The number of likely N-dealkylation sites (tertiary alicyclic amines) is 1. The van der Waals surface area contributed by atoms with E-state index in [2.05, 4.69) is 17.1 Å². The Morgan fingerprint density at radius 1 is 1.58 bits per heavy atom. The summed E-state index contributed by atoms with van der Waals surface area (Å²) in [6, 6.07) is 4.14. The molecule has 1 aliphatic rings. The number of hydrogen-bond donors (Lipinski definition) is 2. The number of piperidine rings is 1. The summed E-state index contributed by atoms with van der Waals surface area (Å²) in [6.07, 6.45) is 1.99. The van der Waals surface area contributed by atoms with Gasteiger partial charge in [0.2, 0.25) is 0 Å². The van der Waals surface area contributed by atoms with Crippen LogP contribution in [0.2, 0.25) is 0 Å². The smallest absolute Gasteiger partial charge is 0.254 e. The number of nitrogens with two attached hydrogens (primary N) is 1. The van der Waals surface area contributed by atoms with Crippen LogP contribution in [0, 0.1) is 5.82 Å². The Labute approximate surface area is 112 Å². The molecule has 1 saturated heterocycles. The summed E-state index contributed by atoms with van der Waals surface area (Å²) in [5.41, 5.74) is 6.00. The molecule has 1 fully saturated rings. The van der Waals surface area contributed by atoms with Gasteiger partial charge in [-0.25, -0.2) is 4.39 Å². The lowest BCUT2D eigenvalue weighted by Gasteiger charge is -2.32. The standard InChI is InChI=1S/C14H20FN3O/c1-2-18-7-3-4-11(9-18)17-14(19)12-8-10(16)5-6-13(12)15/h5-6,8,11H,2-4,7,9,16H2,1H3,(H,17,19). The van der Waals surface area contributed by atoms with Crippen molar-refractivity contribution >= 4 is 11.6 Å². The summed E-state index contributed by atoms with van der Waals surface area (Å²) in [5.74, 6) is -0.914. The van der Waals surface area contributed by atoms with Crippen LogP contribution in [-0.2, 0) is 0 Å². The Balaban J connectivity index is 2.02. The average Bonchev–Trinajstić information content (AvgIpc) is 2.41. The van der Waals surface area contributed by atoms with Gasteiger partial charge in [-0.3, -0.25) is 4.79 Å². The first-order chi connectivity index (χ1) is 9.10. The number of benzene rings is 1. The third-order valence-electron chi connectivity index (χ3n) is 3.52. The maximum Gasteiger partial charge on any atom is 0.254 e. The Morgan fingerprint density at radius 2 is 2.37 bits per heavy atom. The third-order valence-corrected chi connectivity index (χ3v) is 3.52. The molecule has 5 heteroatoms. The van der Waals surface area contributed by atoms with Gasteiger partial charge in [-0.05, 0) is 44.1 Å². The van der Waals surface area contributed by atoms with Gasteiger partial charge < -0.3 is 16.0 Å². The molecule has 0 aromatic heterocycles. The molecule has 4 nitrogen and oxygen atoms in total. The predicted molar refractivity (Wildman–Crippen MR) is 73.4 cm³/mol. The van der Waals surface area contributed by atoms with E-state index in [1.54, 1.807) is 0 Å². The van der Waals surface area contributed by atoms with E-state index in [0.717, 1.165) is 32.5 Å². The van der Waals surface area contributed by atoms with E-state index in [0.29, 0.717) is 5.69 Å². The molecule has 0 aliphatic carbocycles. The monoisotopic (exact) mass is 265 g/mol. The fraction of sp³-hybridized carbons (Fsp3) is 0.500. The van der Waals surface area contributed by atoms with Crippen molar-refractivity contribution in [2.24, 2.45) is 0 Å². The van der Waals surface area contributed by atoms with Gasteiger partial charge in [0.05, 0.1) is 5.56 Å². The molecular formula is C14H20FN3O. The number of halogens is 1. The molecule has 1 aromatic carbocycles. The lowest BCUT2D eigenvalue weighted by Crippen LogP contribution is -2.47. The summed E-state index contributed by atoms with van der Waals surface area (Å²) in [7, 11) is 0. The molecule has 1 unspecified atom stereocenters. The second kappa shape index (κ2) is 6.02. The first-order valence-electron chi connectivity index (χ1n) is 6.68. The van der Waals surface area contributed by atoms with Crippen molar-refractivity contribution in [3.8, 4) is 0 Å². The van der Waals surface area contributed by atoms with Crippen molar-refractivity contribution in [3.63, 3.8) is 0 Å². The maximum absolute atomic E-state index is 13.6. The molecule has 1 amide bonds.